The zero-order chi connectivity index (χ0) is 69.4. The van der Waals surface area contributed by atoms with Gasteiger partial charge in [-0.3, -0.25) is 57.7 Å². The summed E-state index contributed by atoms with van der Waals surface area (Å²) < 4.78 is 5.99. The molecule has 1 heterocycles. The lowest BCUT2D eigenvalue weighted by atomic mass is 9.89. The Bertz CT molecular complexity index is 2730. The van der Waals surface area contributed by atoms with Gasteiger partial charge in [-0.05, 0) is 86.5 Å². The molecular formula is C60H99N15O17. The molecule has 1 saturated carbocycles. The third-order valence-corrected chi connectivity index (χ3v) is 15.8. The average molecular weight is 1300 g/mol. The number of esters is 1. The zero-order valence-electron chi connectivity index (χ0n) is 54.1. The van der Waals surface area contributed by atoms with Gasteiger partial charge in [-0.15, -0.1) is 0 Å². The van der Waals surface area contributed by atoms with Crippen LogP contribution in [0.25, 0.3) is 0 Å². The minimum atomic E-state index is -2.57. The molecule has 0 radical (unpaired) electrons. The van der Waals surface area contributed by atoms with Crippen molar-refractivity contribution in [2.45, 2.75) is 205 Å². The molecule has 1 saturated heterocycles. The third kappa shape index (κ3) is 24.2. The quantitative estimate of drug-likeness (QED) is 0.0199. The molecule has 16 atom stereocenters. The first kappa shape index (κ1) is 78.2. The molecule has 32 nitrogen and oxygen atoms in total. The van der Waals surface area contributed by atoms with E-state index in [1.54, 1.807) is 34.6 Å². The van der Waals surface area contributed by atoms with Crippen molar-refractivity contribution in [1.29, 1.82) is 0 Å². The Morgan fingerprint density at radius 1 is 0.663 bits per heavy atom. The van der Waals surface area contributed by atoms with Crippen LogP contribution in [-0.4, -0.2) is 196 Å². The maximum Gasteiger partial charge on any atom is 0.331 e. The van der Waals surface area contributed by atoms with Crippen molar-refractivity contribution in [2.24, 2.45) is 63.4 Å². The van der Waals surface area contributed by atoms with Crippen LogP contribution in [-0.2, 0) is 62.3 Å². The number of hydrogen-bond donors (Lipinski definition) is 18. The Hall–Kier alpha value is -8.07. The number of primary amides is 1. The summed E-state index contributed by atoms with van der Waals surface area (Å²) in [6, 6.07) is -10.6. The SMILES string of the molecule is CCC(C1CC1)[C@H](NC(=O)[C@H](N)CC(C)C)C(=O)N[C@@H]1C(=O)N[C@@H]([C@H](O)C(C)C)C(=O)N[C@@H](CC(C)C)C(=O)N[C@H](CCCN=C(N)N)C(=O)N[C@@H]([C@@H](C)CC)C(=O)N[C@@H]([C@H](C)O)C(=O)NCC(=O)N[C@@H]([C@H](O)C(N)=O)C(=O)N[C@@H](CO)C(=O)O[C@@H]1c1ccccc1. The van der Waals surface area contributed by atoms with Crippen molar-refractivity contribution in [3.05, 3.63) is 35.9 Å². The van der Waals surface area contributed by atoms with Crippen LogP contribution in [0.5, 0.6) is 0 Å². The average Bonchev–Trinajstić information content (AvgIpc) is 2.05. The molecule has 32 heteroatoms. The van der Waals surface area contributed by atoms with Crippen LogP contribution in [0.4, 0.5) is 0 Å². The summed E-state index contributed by atoms with van der Waals surface area (Å²) >= 11 is 0. The predicted molar refractivity (Wildman–Crippen MR) is 333 cm³/mol. The molecule has 3 rings (SSSR count). The second kappa shape index (κ2) is 37.4. The van der Waals surface area contributed by atoms with E-state index in [4.69, 9.17) is 27.7 Å². The number of guanidine groups is 1. The van der Waals surface area contributed by atoms with Crippen molar-refractivity contribution in [3.8, 4) is 0 Å². The minimum absolute atomic E-state index is 0.0457. The lowest BCUT2D eigenvalue weighted by molar-refractivity contribution is -0.159. The molecule has 2 aliphatic rings. The number of aliphatic hydroxyl groups excluding tert-OH is 4. The fourth-order valence-corrected chi connectivity index (χ4v) is 10.2. The highest BCUT2D eigenvalue weighted by atomic mass is 16.5. The maximum absolute atomic E-state index is 15.5. The van der Waals surface area contributed by atoms with Crippen molar-refractivity contribution in [1.82, 2.24) is 53.2 Å². The number of cyclic esters (lactones) is 1. The number of carbonyl (C=O) groups excluding carboxylic acids is 12. The monoisotopic (exact) mass is 1300 g/mol. The van der Waals surface area contributed by atoms with Crippen molar-refractivity contribution >= 4 is 76.9 Å². The maximum atomic E-state index is 15.5. The summed E-state index contributed by atoms with van der Waals surface area (Å²) in [6.45, 7) is 13.8. The van der Waals surface area contributed by atoms with Crippen LogP contribution in [0.3, 0.4) is 0 Å². The number of ether oxygens (including phenoxy) is 1. The number of nitrogens with one attached hydrogen (secondary N) is 10. The molecule has 1 aliphatic carbocycles. The number of carbonyl (C=O) groups is 12. The van der Waals surface area contributed by atoms with E-state index >= 15 is 9.59 Å². The highest BCUT2D eigenvalue weighted by molar-refractivity contribution is 6.00. The van der Waals surface area contributed by atoms with Gasteiger partial charge in [-0.1, -0.05) is 105 Å². The van der Waals surface area contributed by atoms with Gasteiger partial charge in [-0.25, -0.2) is 4.79 Å². The fraction of sp³-hybridized carbons (Fsp3) is 0.683. The van der Waals surface area contributed by atoms with E-state index < -0.39 is 187 Å². The smallest absolute Gasteiger partial charge is 0.331 e. The lowest BCUT2D eigenvalue weighted by Crippen LogP contribution is -2.64. The zero-order valence-corrected chi connectivity index (χ0v) is 54.1. The third-order valence-electron chi connectivity index (χ3n) is 15.8. The van der Waals surface area contributed by atoms with Crippen LogP contribution in [0, 0.1) is 35.5 Å². The molecule has 1 unspecified atom stereocenters. The molecule has 22 N–H and O–H groups in total. The first-order chi connectivity index (χ1) is 43.2. The molecule has 11 amide bonds. The van der Waals surface area contributed by atoms with Gasteiger partial charge in [0.15, 0.2) is 24.2 Å². The number of rotatable bonds is 24. The van der Waals surface area contributed by atoms with Gasteiger partial charge in [0.1, 0.15) is 48.3 Å². The van der Waals surface area contributed by atoms with Crippen LogP contribution in [0.1, 0.15) is 132 Å². The van der Waals surface area contributed by atoms with Gasteiger partial charge in [0.25, 0.3) is 0 Å². The second-order valence-corrected chi connectivity index (χ2v) is 24.8. The number of aliphatic hydroxyl groups is 4. The van der Waals surface area contributed by atoms with Gasteiger partial charge < -0.3 is 101 Å². The van der Waals surface area contributed by atoms with Crippen LogP contribution < -0.4 is 76.1 Å². The van der Waals surface area contributed by atoms with E-state index in [0.29, 0.717) is 19.3 Å². The molecule has 0 bridgehead atoms. The van der Waals surface area contributed by atoms with E-state index in [1.807, 2.05) is 19.2 Å². The molecule has 0 aromatic heterocycles. The Labute approximate surface area is 535 Å². The molecule has 516 valence electrons. The van der Waals surface area contributed by atoms with Gasteiger partial charge in [0, 0.05) is 6.54 Å². The number of nitrogens with zero attached hydrogens (tertiary/aromatic N) is 1. The van der Waals surface area contributed by atoms with E-state index in [2.05, 4.69) is 52.8 Å². The summed E-state index contributed by atoms with van der Waals surface area (Å²) in [7, 11) is 0. The van der Waals surface area contributed by atoms with Gasteiger partial charge in [0.2, 0.25) is 65.0 Å². The first-order valence-corrected chi connectivity index (χ1v) is 31.2. The van der Waals surface area contributed by atoms with E-state index in [-0.39, 0.29) is 67.9 Å². The van der Waals surface area contributed by atoms with Crippen molar-refractivity contribution in [3.63, 3.8) is 0 Å². The Balaban J connectivity index is 2.43. The van der Waals surface area contributed by atoms with E-state index in [9.17, 15) is 68.4 Å². The summed E-state index contributed by atoms with van der Waals surface area (Å²) in [5.74, 6) is -17.3. The molecule has 1 aromatic carbocycles. The topological polar surface area (TPSA) is 532 Å². The van der Waals surface area contributed by atoms with Gasteiger partial charge in [0.05, 0.1) is 31.4 Å². The number of hydrogen-bond acceptors (Lipinski definition) is 19. The molecule has 92 heavy (non-hydrogen) atoms. The largest absolute Gasteiger partial charge is 0.453 e. The summed E-state index contributed by atoms with van der Waals surface area (Å²) in [6.07, 6.45) is -6.27. The number of nitrogens with two attached hydrogens (primary N) is 4. The molecular weight excluding hydrogens is 1200 g/mol. The number of amides is 11. The Morgan fingerprint density at radius 2 is 1.23 bits per heavy atom. The first-order valence-electron chi connectivity index (χ1n) is 31.2. The molecule has 0 spiro atoms. The van der Waals surface area contributed by atoms with Crippen molar-refractivity contribution < 1.29 is 82.7 Å². The Kier molecular flexibility index (Phi) is 31.8. The standard InChI is InChI=1S/C60H99N15O17/c1-11-30(9)40-54(86)72-41(31(10)77)53(85)66-25-39(78)70-44(47(80)49(62)81)57(89)69-38(26-76)59(91)92-48(33-17-14-13-15-18-33)45(75-55(87)42(34(12-2)32-20-21-32)73-50(82)35(61)23-27(3)4)58(90)74-43(46(79)29(7)8)56(88)68-37(24-28(5)6)52(84)67-36(51(83)71-40)19-16-22-65-60(63)64/h13-15,17-18,27-32,34-38,40-48,76-77,79-80H,11-12,16,19-26,61H2,1-10H3,(H2,62,81)(H,66,85)(H,67,84)(H,68,88)(H,69,89)(H,70,78)(H,71,83)(H,72,86)(H,73,82)(H,74,90)(H,75,87)(H4,63,64,65)/t30-,31-,34?,35+,36+,37-,38-,40-,41-,42-,43-,44-,45-,46+,47-,48+/m0/s1. The highest BCUT2D eigenvalue weighted by Gasteiger charge is 2.46. The minimum Gasteiger partial charge on any atom is -0.453 e. The second-order valence-electron chi connectivity index (χ2n) is 24.8. The summed E-state index contributed by atoms with van der Waals surface area (Å²) in [5, 5.41) is 68.6. The van der Waals surface area contributed by atoms with Gasteiger partial charge >= 0.3 is 5.97 Å². The van der Waals surface area contributed by atoms with Crippen LogP contribution in [0.15, 0.2) is 35.3 Å². The van der Waals surface area contributed by atoms with Crippen LogP contribution in [0.2, 0.25) is 0 Å². The summed E-state index contributed by atoms with van der Waals surface area (Å²) in [5.41, 5.74) is 22.7. The Morgan fingerprint density at radius 3 is 1.76 bits per heavy atom. The normalized spacial score (nSPS) is 25.5. The fourth-order valence-electron chi connectivity index (χ4n) is 10.2. The van der Waals surface area contributed by atoms with Crippen LogP contribution >= 0.6 is 0 Å². The highest BCUT2D eigenvalue weighted by Crippen LogP contribution is 2.40. The predicted octanol–water partition coefficient (Wildman–Crippen LogP) is -5.04. The number of aliphatic imine (C=N–C) groups is 1. The van der Waals surface area contributed by atoms with Crippen molar-refractivity contribution in [2.75, 3.05) is 19.7 Å². The van der Waals surface area contributed by atoms with E-state index in [1.165, 1.54) is 44.2 Å². The lowest BCUT2D eigenvalue weighted by Gasteiger charge is -2.34. The summed E-state index contributed by atoms with van der Waals surface area (Å²) in [4.78, 5) is 175. The van der Waals surface area contributed by atoms with Gasteiger partial charge in [-0.2, -0.15) is 0 Å². The number of benzene rings is 1. The molecule has 2 fully saturated rings. The van der Waals surface area contributed by atoms with E-state index in [0.717, 1.165) is 6.92 Å². The molecule has 1 aromatic rings. The molecule has 1 aliphatic heterocycles.